The molecule has 1 N–H and O–H groups in total. The van der Waals surface area contributed by atoms with E-state index in [0.717, 1.165) is 43.1 Å². The molecule has 1 unspecified atom stereocenters. The van der Waals surface area contributed by atoms with Gasteiger partial charge in [0.2, 0.25) is 21.8 Å². The van der Waals surface area contributed by atoms with Crippen molar-refractivity contribution >= 4 is 50.7 Å². The number of nitrogens with one attached hydrogen (secondary N) is 1. The van der Waals surface area contributed by atoms with E-state index < -0.39 is 16.1 Å². The topological polar surface area (TPSA) is 86.8 Å². The predicted octanol–water partition coefficient (Wildman–Crippen LogP) is 6.24. The highest BCUT2D eigenvalue weighted by Gasteiger charge is 2.32. The molecule has 3 aromatic carbocycles. The van der Waals surface area contributed by atoms with Crippen molar-refractivity contribution in [3.8, 4) is 0 Å². The Kier molecular flexibility index (Phi) is 11.3. The van der Waals surface area contributed by atoms with Crippen LogP contribution < -0.4 is 9.62 Å². The summed E-state index contributed by atoms with van der Waals surface area (Å²) < 4.78 is 26.5. The van der Waals surface area contributed by atoms with Crippen molar-refractivity contribution in [2.45, 2.75) is 63.6 Å². The number of anilines is 1. The molecule has 224 valence electrons. The van der Waals surface area contributed by atoms with E-state index in [0.29, 0.717) is 11.4 Å². The summed E-state index contributed by atoms with van der Waals surface area (Å²) in [6, 6.07) is 23.3. The third kappa shape index (κ3) is 8.96. The van der Waals surface area contributed by atoms with Crippen LogP contribution in [0, 0.1) is 0 Å². The summed E-state index contributed by atoms with van der Waals surface area (Å²) in [7, 11) is -3.71. The van der Waals surface area contributed by atoms with Crippen LogP contribution in [-0.4, -0.2) is 50.0 Å². The summed E-state index contributed by atoms with van der Waals surface area (Å²) in [4.78, 5) is 29.4. The van der Waals surface area contributed by atoms with Crippen LogP contribution >= 0.6 is 23.2 Å². The van der Waals surface area contributed by atoms with Crippen molar-refractivity contribution in [2.75, 3.05) is 17.1 Å². The van der Waals surface area contributed by atoms with E-state index in [1.54, 1.807) is 17.0 Å². The first-order chi connectivity index (χ1) is 20.1. The quantitative estimate of drug-likeness (QED) is 0.242. The molecule has 0 bridgehead atoms. The molecule has 0 radical (unpaired) electrons. The van der Waals surface area contributed by atoms with E-state index in [4.69, 9.17) is 23.2 Å². The molecule has 3 aromatic rings. The van der Waals surface area contributed by atoms with E-state index in [-0.39, 0.29) is 54.5 Å². The maximum absolute atomic E-state index is 13.9. The second-order valence-electron chi connectivity index (χ2n) is 10.7. The fourth-order valence-electron chi connectivity index (χ4n) is 5.36. The van der Waals surface area contributed by atoms with Crippen LogP contribution in [0.2, 0.25) is 10.0 Å². The van der Waals surface area contributed by atoms with Gasteiger partial charge in [-0.05, 0) is 48.6 Å². The SMILES string of the molecule is CS(=O)(=O)N(CCCC(=O)N(Cc1ccccc1)C(Cc1ccccc1)C(=O)NC1CCCC1)c1cc(Cl)ccc1Cl. The number of nitrogens with zero attached hydrogens (tertiary/aromatic N) is 2. The largest absolute Gasteiger partial charge is 0.352 e. The van der Waals surface area contributed by atoms with E-state index in [1.165, 1.54) is 10.4 Å². The number of rotatable bonds is 13. The molecule has 4 rings (SSSR count). The minimum Gasteiger partial charge on any atom is -0.352 e. The normalized spacial score (nSPS) is 14.4. The summed E-state index contributed by atoms with van der Waals surface area (Å²) in [5.74, 6) is -0.398. The number of hydrogen-bond acceptors (Lipinski definition) is 4. The van der Waals surface area contributed by atoms with Gasteiger partial charge in [-0.25, -0.2) is 8.42 Å². The first-order valence-electron chi connectivity index (χ1n) is 14.2. The summed E-state index contributed by atoms with van der Waals surface area (Å²) in [6.07, 6.45) is 5.75. The highest BCUT2D eigenvalue weighted by molar-refractivity contribution is 7.92. The third-order valence-electron chi connectivity index (χ3n) is 7.50. The lowest BCUT2D eigenvalue weighted by molar-refractivity contribution is -0.141. The third-order valence-corrected chi connectivity index (χ3v) is 9.23. The van der Waals surface area contributed by atoms with E-state index >= 15 is 0 Å². The number of sulfonamides is 1. The van der Waals surface area contributed by atoms with E-state index in [9.17, 15) is 18.0 Å². The van der Waals surface area contributed by atoms with Crippen LogP contribution in [0.25, 0.3) is 0 Å². The van der Waals surface area contributed by atoms with Gasteiger partial charge in [-0.1, -0.05) is 96.7 Å². The molecule has 0 aromatic heterocycles. The number of carbonyl (C=O) groups is 2. The standard InChI is InChI=1S/C32H37Cl2N3O4S/c1-42(40,41)37(29-22-26(33)18-19-28(29)34)20-10-17-31(38)36(23-25-13-6-3-7-14-25)30(21-24-11-4-2-5-12-24)32(39)35-27-15-8-9-16-27/h2-7,11-14,18-19,22,27,30H,8-10,15-17,20-21,23H2,1H3,(H,35,39). The Morgan fingerprint density at radius 1 is 0.929 bits per heavy atom. The van der Waals surface area contributed by atoms with Crippen LogP contribution in [0.3, 0.4) is 0 Å². The van der Waals surface area contributed by atoms with Gasteiger partial charge >= 0.3 is 0 Å². The Bertz CT molecular complexity index is 1450. The molecule has 0 heterocycles. The first-order valence-corrected chi connectivity index (χ1v) is 16.8. The van der Waals surface area contributed by atoms with Crippen molar-refractivity contribution in [2.24, 2.45) is 0 Å². The molecule has 7 nitrogen and oxygen atoms in total. The van der Waals surface area contributed by atoms with Gasteiger partial charge in [0.25, 0.3) is 0 Å². The molecule has 42 heavy (non-hydrogen) atoms. The summed E-state index contributed by atoms with van der Waals surface area (Å²) in [6.45, 7) is 0.284. The Morgan fingerprint density at radius 3 is 2.17 bits per heavy atom. The lowest BCUT2D eigenvalue weighted by Gasteiger charge is -2.33. The molecule has 0 saturated heterocycles. The number of halogens is 2. The van der Waals surface area contributed by atoms with Gasteiger partial charge in [-0.15, -0.1) is 0 Å². The Balaban J connectivity index is 1.58. The number of hydrogen-bond donors (Lipinski definition) is 1. The van der Waals surface area contributed by atoms with Gasteiger partial charge in [0, 0.05) is 37.0 Å². The summed E-state index contributed by atoms with van der Waals surface area (Å²) in [5, 5.41) is 3.80. The van der Waals surface area contributed by atoms with Crippen molar-refractivity contribution in [3.63, 3.8) is 0 Å². The van der Waals surface area contributed by atoms with Crippen LogP contribution in [0.4, 0.5) is 5.69 Å². The fraction of sp³-hybridized carbons (Fsp3) is 0.375. The Morgan fingerprint density at radius 2 is 1.55 bits per heavy atom. The van der Waals surface area contributed by atoms with Crippen molar-refractivity contribution in [1.82, 2.24) is 10.2 Å². The van der Waals surface area contributed by atoms with Crippen LogP contribution in [0.5, 0.6) is 0 Å². The molecular weight excluding hydrogens is 593 g/mol. The lowest BCUT2D eigenvalue weighted by atomic mass is 10.0. The van der Waals surface area contributed by atoms with E-state index in [2.05, 4.69) is 5.32 Å². The zero-order valence-corrected chi connectivity index (χ0v) is 26.0. The molecule has 0 spiro atoms. The van der Waals surface area contributed by atoms with Gasteiger partial charge in [0.1, 0.15) is 6.04 Å². The summed E-state index contributed by atoms with van der Waals surface area (Å²) in [5.41, 5.74) is 2.12. The zero-order chi connectivity index (χ0) is 30.1. The highest BCUT2D eigenvalue weighted by Crippen LogP contribution is 2.31. The van der Waals surface area contributed by atoms with Gasteiger partial charge < -0.3 is 10.2 Å². The number of amides is 2. The van der Waals surface area contributed by atoms with Crippen molar-refractivity contribution < 1.29 is 18.0 Å². The van der Waals surface area contributed by atoms with Crippen LogP contribution in [-0.2, 0) is 32.6 Å². The molecule has 1 fully saturated rings. The fourth-order valence-corrected chi connectivity index (χ4v) is 6.77. The van der Waals surface area contributed by atoms with Gasteiger partial charge in [-0.2, -0.15) is 0 Å². The molecular formula is C32H37Cl2N3O4S. The molecule has 2 amide bonds. The zero-order valence-electron chi connectivity index (χ0n) is 23.7. The average Bonchev–Trinajstić information content (AvgIpc) is 3.48. The maximum atomic E-state index is 13.9. The number of benzene rings is 3. The van der Waals surface area contributed by atoms with Crippen LogP contribution in [0.15, 0.2) is 78.9 Å². The van der Waals surface area contributed by atoms with Crippen molar-refractivity contribution in [1.29, 1.82) is 0 Å². The Labute approximate surface area is 258 Å². The smallest absolute Gasteiger partial charge is 0.243 e. The van der Waals surface area contributed by atoms with Gasteiger partial charge in [0.05, 0.1) is 17.0 Å². The molecule has 0 aliphatic heterocycles. The highest BCUT2D eigenvalue weighted by atomic mass is 35.5. The van der Waals surface area contributed by atoms with Gasteiger partial charge in [0.15, 0.2) is 0 Å². The Hall–Kier alpha value is -3.07. The lowest BCUT2D eigenvalue weighted by Crippen LogP contribution is -2.52. The second-order valence-corrected chi connectivity index (χ2v) is 13.5. The van der Waals surface area contributed by atoms with Crippen LogP contribution in [0.1, 0.15) is 49.7 Å². The molecule has 1 aliphatic carbocycles. The predicted molar refractivity (Wildman–Crippen MR) is 169 cm³/mol. The molecule has 1 aliphatic rings. The van der Waals surface area contributed by atoms with Gasteiger partial charge in [-0.3, -0.25) is 13.9 Å². The maximum Gasteiger partial charge on any atom is 0.243 e. The molecule has 10 heteroatoms. The summed E-state index contributed by atoms with van der Waals surface area (Å²) >= 11 is 12.4. The monoisotopic (exact) mass is 629 g/mol. The van der Waals surface area contributed by atoms with Crippen molar-refractivity contribution in [3.05, 3.63) is 100 Å². The second kappa shape index (κ2) is 14.9. The minimum absolute atomic E-state index is 0.0292. The number of carbonyl (C=O) groups excluding carboxylic acids is 2. The van der Waals surface area contributed by atoms with E-state index in [1.807, 2.05) is 60.7 Å². The molecule has 1 atom stereocenters. The average molecular weight is 631 g/mol. The minimum atomic E-state index is -3.71. The first kappa shape index (κ1) is 31.9. The molecule has 1 saturated carbocycles.